The zero-order valence-corrected chi connectivity index (χ0v) is 15.4. The van der Waals surface area contributed by atoms with Crippen molar-refractivity contribution in [2.75, 3.05) is 13.2 Å². The van der Waals surface area contributed by atoms with E-state index in [1.165, 1.54) is 0 Å². The molecule has 2 aromatic rings. The fourth-order valence-corrected chi connectivity index (χ4v) is 3.85. The number of hydrogen-bond acceptors (Lipinski definition) is 3. The van der Waals surface area contributed by atoms with Crippen LogP contribution in [-0.4, -0.2) is 24.3 Å². The summed E-state index contributed by atoms with van der Waals surface area (Å²) in [6.45, 7) is 0.114. The molecule has 0 bridgehead atoms. The molecule has 0 saturated carbocycles. The molecule has 0 radical (unpaired) electrons. The summed E-state index contributed by atoms with van der Waals surface area (Å²) in [5.41, 5.74) is 1.50. The topological polar surface area (TPSA) is 46.5 Å². The van der Waals surface area contributed by atoms with Crippen LogP contribution in [0.25, 0.3) is 0 Å². The summed E-state index contributed by atoms with van der Waals surface area (Å²) in [5, 5.41) is 9.46. The molecular formula is C16H14I2O3. The van der Waals surface area contributed by atoms with Gasteiger partial charge in [-0.25, -0.2) is 4.79 Å². The lowest BCUT2D eigenvalue weighted by Crippen LogP contribution is -2.16. The third kappa shape index (κ3) is 4.93. The minimum absolute atomic E-state index is 0.0544. The first-order valence-corrected chi connectivity index (χ1v) is 8.55. The number of aliphatic hydroxyl groups excluding tert-OH is 1. The summed E-state index contributed by atoms with van der Waals surface area (Å²) in [4.78, 5) is 12.1. The van der Waals surface area contributed by atoms with Crippen molar-refractivity contribution in [1.82, 2.24) is 0 Å². The van der Waals surface area contributed by atoms with Gasteiger partial charge in [-0.15, -0.1) is 0 Å². The Labute approximate surface area is 151 Å². The van der Waals surface area contributed by atoms with Gasteiger partial charge in [0.25, 0.3) is 0 Å². The maximum Gasteiger partial charge on any atom is 0.338 e. The van der Waals surface area contributed by atoms with Gasteiger partial charge in [-0.2, -0.15) is 0 Å². The molecule has 1 unspecified atom stereocenters. The molecule has 21 heavy (non-hydrogen) atoms. The van der Waals surface area contributed by atoms with E-state index in [2.05, 4.69) is 45.2 Å². The first kappa shape index (κ1) is 16.7. The summed E-state index contributed by atoms with van der Waals surface area (Å²) < 4.78 is 7.33. The summed E-state index contributed by atoms with van der Waals surface area (Å²) in [6.07, 6.45) is 0. The van der Waals surface area contributed by atoms with Crippen molar-refractivity contribution in [3.05, 3.63) is 66.8 Å². The third-order valence-electron chi connectivity index (χ3n) is 3.01. The van der Waals surface area contributed by atoms with Gasteiger partial charge in [0.05, 0.1) is 12.2 Å². The van der Waals surface area contributed by atoms with Crippen molar-refractivity contribution in [3.63, 3.8) is 0 Å². The molecule has 0 spiro atoms. The summed E-state index contributed by atoms with van der Waals surface area (Å²) in [6, 6.07) is 15.1. The van der Waals surface area contributed by atoms with Gasteiger partial charge in [0.2, 0.25) is 0 Å². The lowest BCUT2D eigenvalue weighted by atomic mass is 10.0. The number of carbonyl (C=O) groups is 1. The largest absolute Gasteiger partial charge is 0.461 e. The molecule has 0 fully saturated rings. The number of esters is 1. The molecular weight excluding hydrogens is 494 g/mol. The highest BCUT2D eigenvalue weighted by Gasteiger charge is 2.15. The zero-order valence-electron chi connectivity index (χ0n) is 11.1. The standard InChI is InChI=1S/C16H14I2O3/c17-14-6-12(7-15(18)8-14)16(20)21-10-13(9-19)11-4-2-1-3-5-11/h1-8,13,19H,9-10H2. The highest BCUT2D eigenvalue weighted by molar-refractivity contribution is 14.1. The van der Waals surface area contributed by atoms with Gasteiger partial charge >= 0.3 is 5.97 Å². The summed E-state index contributed by atoms with van der Waals surface area (Å²) in [5.74, 6) is -0.558. The van der Waals surface area contributed by atoms with Crippen LogP contribution in [0, 0.1) is 7.14 Å². The summed E-state index contributed by atoms with van der Waals surface area (Å²) >= 11 is 4.34. The predicted molar refractivity (Wildman–Crippen MR) is 98.4 cm³/mol. The number of aliphatic hydroxyl groups is 1. The van der Waals surface area contributed by atoms with E-state index in [1.54, 1.807) is 12.1 Å². The molecule has 0 amide bonds. The highest BCUT2D eigenvalue weighted by atomic mass is 127. The second-order valence-electron chi connectivity index (χ2n) is 4.55. The molecule has 0 saturated heterocycles. The van der Waals surface area contributed by atoms with Crippen LogP contribution in [0.3, 0.4) is 0 Å². The molecule has 110 valence electrons. The predicted octanol–water partition coefficient (Wildman–Crippen LogP) is 3.83. The van der Waals surface area contributed by atoms with E-state index >= 15 is 0 Å². The lowest BCUT2D eigenvalue weighted by Gasteiger charge is -2.15. The number of benzene rings is 2. The molecule has 1 N–H and O–H groups in total. The Morgan fingerprint density at radius 1 is 1.10 bits per heavy atom. The zero-order chi connectivity index (χ0) is 15.2. The molecule has 0 aliphatic carbocycles. The Morgan fingerprint density at radius 2 is 1.71 bits per heavy atom. The number of halogens is 2. The monoisotopic (exact) mass is 508 g/mol. The number of ether oxygens (including phenoxy) is 1. The van der Waals surface area contributed by atoms with Crippen LogP contribution in [0.15, 0.2) is 48.5 Å². The lowest BCUT2D eigenvalue weighted by molar-refractivity contribution is 0.0450. The van der Waals surface area contributed by atoms with Crippen LogP contribution in [-0.2, 0) is 4.74 Å². The van der Waals surface area contributed by atoms with E-state index in [9.17, 15) is 9.90 Å². The average Bonchev–Trinajstić information content (AvgIpc) is 2.47. The van der Waals surface area contributed by atoms with E-state index in [0.29, 0.717) is 5.56 Å². The Morgan fingerprint density at radius 3 is 2.29 bits per heavy atom. The molecule has 5 heteroatoms. The van der Waals surface area contributed by atoms with Gasteiger partial charge in [-0.05, 0) is 68.9 Å². The quantitative estimate of drug-likeness (QED) is 0.494. The smallest absolute Gasteiger partial charge is 0.338 e. The van der Waals surface area contributed by atoms with Crippen LogP contribution in [0.1, 0.15) is 21.8 Å². The first-order valence-electron chi connectivity index (χ1n) is 6.39. The maximum atomic E-state index is 12.1. The van der Waals surface area contributed by atoms with Gasteiger partial charge in [0, 0.05) is 13.1 Å². The van der Waals surface area contributed by atoms with Gasteiger partial charge in [-0.3, -0.25) is 0 Å². The van der Waals surface area contributed by atoms with Crippen LogP contribution >= 0.6 is 45.2 Å². The van der Waals surface area contributed by atoms with Crippen LogP contribution < -0.4 is 0 Å². The normalized spacial score (nSPS) is 12.0. The highest BCUT2D eigenvalue weighted by Crippen LogP contribution is 2.18. The van der Waals surface area contributed by atoms with Gasteiger partial charge in [0.1, 0.15) is 6.61 Å². The van der Waals surface area contributed by atoms with Crippen molar-refractivity contribution >= 4 is 51.2 Å². The molecule has 3 nitrogen and oxygen atoms in total. The second-order valence-corrected chi connectivity index (χ2v) is 7.04. The molecule has 2 rings (SSSR count). The molecule has 1 atom stereocenters. The molecule has 0 aromatic heterocycles. The minimum atomic E-state index is -0.360. The Bertz CT molecular complexity index is 594. The van der Waals surface area contributed by atoms with E-state index < -0.39 is 0 Å². The molecule has 0 aliphatic rings. The third-order valence-corrected chi connectivity index (χ3v) is 4.25. The Hall–Kier alpha value is -0.670. The SMILES string of the molecule is O=C(OCC(CO)c1ccccc1)c1cc(I)cc(I)c1. The Kier molecular flexibility index (Phi) is 6.43. The van der Waals surface area contributed by atoms with Crippen molar-refractivity contribution in [2.24, 2.45) is 0 Å². The van der Waals surface area contributed by atoms with Crippen molar-refractivity contribution in [1.29, 1.82) is 0 Å². The fourth-order valence-electron chi connectivity index (χ4n) is 1.91. The number of rotatable bonds is 5. The van der Waals surface area contributed by atoms with Gasteiger partial charge in [-0.1, -0.05) is 30.3 Å². The minimum Gasteiger partial charge on any atom is -0.461 e. The number of carbonyl (C=O) groups excluding carboxylic acids is 1. The fraction of sp³-hybridized carbons (Fsp3) is 0.188. The molecule has 2 aromatic carbocycles. The van der Waals surface area contributed by atoms with Crippen LogP contribution in [0.2, 0.25) is 0 Å². The first-order chi connectivity index (χ1) is 10.1. The van der Waals surface area contributed by atoms with E-state index in [1.807, 2.05) is 36.4 Å². The second kappa shape index (κ2) is 8.09. The van der Waals surface area contributed by atoms with Gasteiger partial charge < -0.3 is 9.84 Å². The molecule has 0 heterocycles. The van der Waals surface area contributed by atoms with Crippen molar-refractivity contribution in [3.8, 4) is 0 Å². The van der Waals surface area contributed by atoms with Gasteiger partial charge in [0.15, 0.2) is 0 Å². The van der Waals surface area contributed by atoms with E-state index in [4.69, 9.17) is 4.74 Å². The van der Waals surface area contributed by atoms with E-state index in [0.717, 1.165) is 12.7 Å². The Balaban J connectivity index is 2.02. The van der Waals surface area contributed by atoms with Crippen molar-refractivity contribution in [2.45, 2.75) is 5.92 Å². The van der Waals surface area contributed by atoms with Crippen LogP contribution in [0.4, 0.5) is 0 Å². The molecule has 0 aliphatic heterocycles. The van der Waals surface area contributed by atoms with E-state index in [-0.39, 0.29) is 25.1 Å². The van der Waals surface area contributed by atoms with Crippen LogP contribution in [0.5, 0.6) is 0 Å². The maximum absolute atomic E-state index is 12.1. The average molecular weight is 508 g/mol. The summed E-state index contributed by atoms with van der Waals surface area (Å²) in [7, 11) is 0. The number of hydrogen-bond donors (Lipinski definition) is 1. The van der Waals surface area contributed by atoms with Crippen molar-refractivity contribution < 1.29 is 14.6 Å².